The number of nitrogens with one attached hydrogen (secondary N) is 1. The third-order valence-corrected chi connectivity index (χ3v) is 3.83. The topological polar surface area (TPSA) is 51.1 Å². The van der Waals surface area contributed by atoms with Crippen molar-refractivity contribution in [1.29, 1.82) is 0 Å². The van der Waals surface area contributed by atoms with E-state index < -0.39 is 0 Å². The number of carbonyl (C=O) groups excluding carboxylic acids is 1. The Morgan fingerprint density at radius 3 is 2.56 bits per heavy atom. The number of aromatic nitrogens is 1. The summed E-state index contributed by atoms with van der Waals surface area (Å²) < 4.78 is 14.4. The number of nitrogens with zero attached hydrogens (tertiary/aromatic N) is 1. The molecule has 0 bridgehead atoms. The SMILES string of the molecule is O=C(Nc1cccc(Cl)c1)c1ccc(=O)n(Cc2ccc(F)cc2)c1. The fraction of sp³-hybridized carbons (Fsp3) is 0.0526. The predicted octanol–water partition coefficient (Wildman–Crippen LogP) is 3.94. The number of benzene rings is 2. The van der Waals surface area contributed by atoms with Crippen LogP contribution >= 0.6 is 11.6 Å². The molecular formula is C19H14ClFN2O2. The smallest absolute Gasteiger partial charge is 0.257 e. The van der Waals surface area contributed by atoms with Gasteiger partial charge in [0.2, 0.25) is 0 Å². The van der Waals surface area contributed by atoms with E-state index in [1.807, 2.05) is 0 Å². The molecule has 1 N–H and O–H groups in total. The number of anilines is 1. The van der Waals surface area contributed by atoms with Crippen LogP contribution in [0.1, 0.15) is 15.9 Å². The van der Waals surface area contributed by atoms with E-state index in [0.717, 1.165) is 5.56 Å². The highest BCUT2D eigenvalue weighted by Crippen LogP contribution is 2.15. The molecule has 3 aromatic rings. The molecule has 0 spiro atoms. The van der Waals surface area contributed by atoms with Gasteiger partial charge in [0.1, 0.15) is 5.82 Å². The number of halogens is 2. The summed E-state index contributed by atoms with van der Waals surface area (Å²) in [4.78, 5) is 24.4. The van der Waals surface area contributed by atoms with E-state index in [9.17, 15) is 14.0 Å². The van der Waals surface area contributed by atoms with Gasteiger partial charge >= 0.3 is 0 Å². The van der Waals surface area contributed by atoms with E-state index >= 15 is 0 Å². The van der Waals surface area contributed by atoms with Crippen LogP contribution in [0.15, 0.2) is 71.7 Å². The maximum Gasteiger partial charge on any atom is 0.257 e. The molecule has 3 rings (SSSR count). The normalized spacial score (nSPS) is 10.5. The molecule has 126 valence electrons. The summed E-state index contributed by atoms with van der Waals surface area (Å²) in [5.41, 5.74) is 1.41. The summed E-state index contributed by atoms with van der Waals surface area (Å²) in [6, 6.07) is 15.4. The number of amides is 1. The van der Waals surface area contributed by atoms with Gasteiger partial charge < -0.3 is 9.88 Å². The summed E-state index contributed by atoms with van der Waals surface area (Å²) in [7, 11) is 0. The average Bonchev–Trinajstić information content (AvgIpc) is 2.59. The van der Waals surface area contributed by atoms with Gasteiger partial charge in [-0.25, -0.2) is 4.39 Å². The maximum absolute atomic E-state index is 13.0. The van der Waals surface area contributed by atoms with Crippen LogP contribution in [-0.4, -0.2) is 10.5 Å². The molecule has 0 saturated heterocycles. The van der Waals surface area contributed by atoms with Crippen molar-refractivity contribution in [2.45, 2.75) is 6.54 Å². The zero-order valence-electron chi connectivity index (χ0n) is 13.1. The number of hydrogen-bond donors (Lipinski definition) is 1. The molecule has 2 aromatic carbocycles. The Morgan fingerprint density at radius 1 is 1.08 bits per heavy atom. The van der Waals surface area contributed by atoms with E-state index in [0.29, 0.717) is 16.3 Å². The number of hydrogen-bond acceptors (Lipinski definition) is 2. The summed E-state index contributed by atoms with van der Waals surface area (Å²) in [6.45, 7) is 0.247. The number of rotatable bonds is 4. The standard InChI is InChI=1S/C19H14ClFN2O2/c20-15-2-1-3-17(10-15)22-19(25)14-6-9-18(24)23(12-14)11-13-4-7-16(21)8-5-13/h1-10,12H,11H2,(H,22,25). The molecule has 1 heterocycles. The summed E-state index contributed by atoms with van der Waals surface area (Å²) in [5.74, 6) is -0.694. The van der Waals surface area contributed by atoms with Crippen molar-refractivity contribution in [1.82, 2.24) is 4.57 Å². The zero-order chi connectivity index (χ0) is 17.8. The van der Waals surface area contributed by atoms with Gasteiger partial charge in [0.05, 0.1) is 12.1 Å². The first-order valence-corrected chi connectivity index (χ1v) is 7.91. The molecule has 0 unspecified atom stereocenters. The molecule has 0 atom stereocenters. The number of carbonyl (C=O) groups is 1. The van der Waals surface area contributed by atoms with Gasteiger partial charge in [-0.15, -0.1) is 0 Å². The molecule has 0 aliphatic heterocycles. The van der Waals surface area contributed by atoms with Gasteiger partial charge in [-0.2, -0.15) is 0 Å². The molecular weight excluding hydrogens is 343 g/mol. The predicted molar refractivity (Wildman–Crippen MR) is 95.6 cm³/mol. The Kier molecular flexibility index (Phi) is 4.95. The Hall–Kier alpha value is -2.92. The van der Waals surface area contributed by atoms with Crippen LogP contribution in [0.4, 0.5) is 10.1 Å². The van der Waals surface area contributed by atoms with E-state index in [-0.39, 0.29) is 23.8 Å². The molecule has 1 aromatic heterocycles. The third-order valence-electron chi connectivity index (χ3n) is 3.59. The fourth-order valence-corrected chi connectivity index (χ4v) is 2.54. The van der Waals surface area contributed by atoms with Gasteiger partial charge in [-0.1, -0.05) is 29.8 Å². The number of pyridine rings is 1. The lowest BCUT2D eigenvalue weighted by atomic mass is 10.2. The van der Waals surface area contributed by atoms with Crippen molar-refractivity contribution < 1.29 is 9.18 Å². The van der Waals surface area contributed by atoms with Crippen molar-refractivity contribution in [3.8, 4) is 0 Å². The van der Waals surface area contributed by atoms with Crippen LogP contribution in [0, 0.1) is 5.82 Å². The molecule has 0 fully saturated rings. The Labute approximate surface area is 148 Å². The second kappa shape index (κ2) is 7.32. The second-order valence-corrected chi connectivity index (χ2v) is 5.91. The van der Waals surface area contributed by atoms with Gasteiger partial charge in [0, 0.05) is 23.0 Å². The van der Waals surface area contributed by atoms with Crippen LogP contribution in [0.5, 0.6) is 0 Å². The van der Waals surface area contributed by atoms with Crippen molar-refractivity contribution >= 4 is 23.2 Å². The van der Waals surface area contributed by atoms with Gasteiger partial charge in [-0.3, -0.25) is 9.59 Å². The fourth-order valence-electron chi connectivity index (χ4n) is 2.35. The van der Waals surface area contributed by atoms with Gasteiger partial charge in [-0.05, 0) is 42.0 Å². The minimum Gasteiger partial charge on any atom is -0.322 e. The van der Waals surface area contributed by atoms with E-state index in [4.69, 9.17) is 11.6 Å². The van der Waals surface area contributed by atoms with Gasteiger partial charge in [0.15, 0.2) is 0 Å². The molecule has 0 aliphatic carbocycles. The average molecular weight is 357 g/mol. The minimum absolute atomic E-state index is 0.247. The van der Waals surface area contributed by atoms with Crippen LogP contribution in [-0.2, 0) is 6.54 Å². The molecule has 4 nitrogen and oxygen atoms in total. The van der Waals surface area contributed by atoms with Crippen molar-refractivity contribution in [2.24, 2.45) is 0 Å². The van der Waals surface area contributed by atoms with Crippen molar-refractivity contribution in [3.63, 3.8) is 0 Å². The van der Waals surface area contributed by atoms with Crippen LogP contribution in [0.3, 0.4) is 0 Å². The highest BCUT2D eigenvalue weighted by Gasteiger charge is 2.09. The quantitative estimate of drug-likeness (QED) is 0.769. The summed E-state index contributed by atoms with van der Waals surface area (Å²) in [5, 5.41) is 3.24. The van der Waals surface area contributed by atoms with Crippen molar-refractivity contribution in [3.05, 3.63) is 99.2 Å². The lowest BCUT2D eigenvalue weighted by molar-refractivity contribution is 0.102. The summed E-state index contributed by atoms with van der Waals surface area (Å²) >= 11 is 5.90. The van der Waals surface area contributed by atoms with Crippen LogP contribution in [0.25, 0.3) is 0 Å². The monoisotopic (exact) mass is 356 g/mol. The van der Waals surface area contributed by atoms with E-state index in [1.54, 1.807) is 36.4 Å². The molecule has 25 heavy (non-hydrogen) atoms. The second-order valence-electron chi connectivity index (χ2n) is 5.47. The largest absolute Gasteiger partial charge is 0.322 e. The highest BCUT2D eigenvalue weighted by atomic mass is 35.5. The Bertz CT molecular complexity index is 968. The first-order chi connectivity index (χ1) is 12.0. The minimum atomic E-state index is -0.352. The first kappa shape index (κ1) is 16.9. The van der Waals surface area contributed by atoms with Crippen LogP contribution in [0.2, 0.25) is 5.02 Å². The molecule has 0 aliphatic rings. The van der Waals surface area contributed by atoms with Crippen LogP contribution < -0.4 is 10.9 Å². The highest BCUT2D eigenvalue weighted by molar-refractivity contribution is 6.30. The molecule has 0 saturated carbocycles. The molecule has 0 radical (unpaired) electrons. The zero-order valence-corrected chi connectivity index (χ0v) is 13.8. The lowest BCUT2D eigenvalue weighted by Gasteiger charge is -2.09. The Balaban J connectivity index is 1.82. The third kappa shape index (κ3) is 4.33. The van der Waals surface area contributed by atoms with E-state index in [2.05, 4.69) is 5.32 Å². The lowest BCUT2D eigenvalue weighted by Crippen LogP contribution is -2.22. The van der Waals surface area contributed by atoms with Crippen molar-refractivity contribution in [2.75, 3.05) is 5.32 Å². The molecule has 6 heteroatoms. The summed E-state index contributed by atoms with van der Waals surface area (Å²) in [6.07, 6.45) is 1.48. The Morgan fingerprint density at radius 2 is 1.84 bits per heavy atom. The first-order valence-electron chi connectivity index (χ1n) is 7.53. The van der Waals surface area contributed by atoms with Gasteiger partial charge in [0.25, 0.3) is 11.5 Å². The van der Waals surface area contributed by atoms with E-state index in [1.165, 1.54) is 35.0 Å². The molecule has 1 amide bonds. The maximum atomic E-state index is 13.0.